The summed E-state index contributed by atoms with van der Waals surface area (Å²) < 4.78 is 0. The number of nitriles is 1. The molecule has 0 unspecified atom stereocenters. The second-order valence-electron chi connectivity index (χ2n) is 4.47. The first-order valence-electron chi connectivity index (χ1n) is 6.42. The molecule has 0 fully saturated rings. The van der Waals surface area contributed by atoms with Crippen LogP contribution in [0.5, 0.6) is 0 Å². The summed E-state index contributed by atoms with van der Waals surface area (Å²) in [7, 11) is 0. The van der Waals surface area contributed by atoms with Gasteiger partial charge in [0, 0.05) is 35.1 Å². The molecule has 0 radical (unpaired) electrons. The highest BCUT2D eigenvalue weighted by Gasteiger charge is 2.11. The van der Waals surface area contributed by atoms with Gasteiger partial charge in [-0.15, -0.1) is 0 Å². The van der Waals surface area contributed by atoms with Gasteiger partial charge < -0.3 is 10.6 Å². The number of halogens is 1. The van der Waals surface area contributed by atoms with E-state index in [-0.39, 0.29) is 0 Å². The van der Waals surface area contributed by atoms with E-state index in [4.69, 9.17) is 22.6 Å². The number of rotatable bonds is 5. The van der Waals surface area contributed by atoms with Crippen LogP contribution in [0.15, 0.2) is 48.5 Å². The van der Waals surface area contributed by atoms with E-state index in [9.17, 15) is 0 Å². The van der Waals surface area contributed by atoms with Gasteiger partial charge in [0.2, 0.25) is 0 Å². The van der Waals surface area contributed by atoms with Crippen molar-refractivity contribution in [2.45, 2.75) is 13.0 Å². The maximum Gasteiger partial charge on any atom is 0.0640 e. The topological polar surface area (TPSA) is 53.0 Å². The van der Waals surface area contributed by atoms with E-state index in [1.54, 1.807) is 0 Å². The van der Waals surface area contributed by atoms with E-state index >= 15 is 0 Å². The fraction of sp³-hybridized carbons (Fsp3) is 0.188. The molecule has 0 heterocycles. The lowest BCUT2D eigenvalue weighted by molar-refractivity contribution is 0.799. The molecule has 0 saturated heterocycles. The minimum atomic E-state index is 0.458. The summed E-state index contributed by atoms with van der Waals surface area (Å²) in [4.78, 5) is 2.11. The van der Waals surface area contributed by atoms with Gasteiger partial charge in [-0.2, -0.15) is 5.26 Å². The van der Waals surface area contributed by atoms with Gasteiger partial charge in [0.25, 0.3) is 0 Å². The molecule has 102 valence electrons. The van der Waals surface area contributed by atoms with E-state index < -0.39 is 0 Å². The van der Waals surface area contributed by atoms with Gasteiger partial charge in [0.05, 0.1) is 12.5 Å². The smallest absolute Gasteiger partial charge is 0.0640 e. The molecule has 4 heteroatoms. The number of nitrogens with zero attached hydrogens (tertiary/aromatic N) is 2. The van der Waals surface area contributed by atoms with Crippen molar-refractivity contribution >= 4 is 23.0 Å². The van der Waals surface area contributed by atoms with E-state index in [1.807, 2.05) is 48.5 Å². The number of hydrogen-bond acceptors (Lipinski definition) is 3. The van der Waals surface area contributed by atoms with Crippen molar-refractivity contribution in [3.8, 4) is 6.07 Å². The predicted molar refractivity (Wildman–Crippen MR) is 83.6 cm³/mol. The summed E-state index contributed by atoms with van der Waals surface area (Å²) in [5, 5.41) is 9.47. The largest absolute Gasteiger partial charge is 0.398 e. The Hall–Kier alpha value is -2.18. The zero-order chi connectivity index (χ0) is 14.4. The second-order valence-corrected chi connectivity index (χ2v) is 4.88. The molecule has 0 aromatic heterocycles. The molecular formula is C16H16ClN3. The summed E-state index contributed by atoms with van der Waals surface area (Å²) in [5.41, 5.74) is 8.63. The molecule has 20 heavy (non-hydrogen) atoms. The summed E-state index contributed by atoms with van der Waals surface area (Å²) in [6.45, 7) is 1.24. The lowest BCUT2D eigenvalue weighted by atomic mass is 10.1. The Morgan fingerprint density at radius 2 is 1.85 bits per heavy atom. The third-order valence-corrected chi connectivity index (χ3v) is 3.47. The van der Waals surface area contributed by atoms with Gasteiger partial charge in [-0.05, 0) is 24.3 Å². The van der Waals surface area contributed by atoms with Crippen LogP contribution < -0.4 is 10.6 Å². The maximum atomic E-state index is 8.81. The van der Waals surface area contributed by atoms with Crippen LogP contribution in [0.4, 0.5) is 11.4 Å². The number of benzene rings is 2. The monoisotopic (exact) mass is 285 g/mol. The van der Waals surface area contributed by atoms with Crippen LogP contribution in [-0.4, -0.2) is 6.54 Å². The highest BCUT2D eigenvalue weighted by Crippen LogP contribution is 2.26. The van der Waals surface area contributed by atoms with E-state index in [2.05, 4.69) is 11.0 Å². The van der Waals surface area contributed by atoms with Crippen LogP contribution in [0.25, 0.3) is 0 Å². The fourth-order valence-electron chi connectivity index (χ4n) is 2.06. The number of hydrogen-bond donors (Lipinski definition) is 1. The van der Waals surface area contributed by atoms with Crippen LogP contribution in [0.1, 0.15) is 12.0 Å². The fourth-order valence-corrected chi connectivity index (χ4v) is 2.30. The summed E-state index contributed by atoms with van der Waals surface area (Å²) >= 11 is 6.22. The normalized spacial score (nSPS) is 10.0. The molecule has 2 aromatic rings. The Kier molecular flexibility index (Phi) is 4.86. The molecule has 0 aliphatic rings. The number of anilines is 2. The lowest BCUT2D eigenvalue weighted by Crippen LogP contribution is -2.24. The third kappa shape index (κ3) is 3.43. The Morgan fingerprint density at radius 3 is 2.50 bits per heavy atom. The van der Waals surface area contributed by atoms with Crippen LogP contribution in [0, 0.1) is 11.3 Å². The van der Waals surface area contributed by atoms with Gasteiger partial charge in [0.15, 0.2) is 0 Å². The van der Waals surface area contributed by atoms with E-state index in [1.165, 1.54) is 0 Å². The molecule has 2 rings (SSSR count). The van der Waals surface area contributed by atoms with Crippen molar-refractivity contribution in [1.82, 2.24) is 0 Å². The van der Waals surface area contributed by atoms with Gasteiger partial charge >= 0.3 is 0 Å². The molecule has 0 spiro atoms. The van der Waals surface area contributed by atoms with Gasteiger partial charge in [-0.25, -0.2) is 0 Å². The molecule has 0 atom stereocenters. The Morgan fingerprint density at radius 1 is 1.10 bits per heavy atom. The van der Waals surface area contributed by atoms with Crippen molar-refractivity contribution in [1.29, 1.82) is 5.26 Å². The average molecular weight is 286 g/mol. The molecule has 3 nitrogen and oxygen atoms in total. The molecule has 2 aromatic carbocycles. The molecular weight excluding hydrogens is 270 g/mol. The minimum absolute atomic E-state index is 0.458. The Balaban J connectivity index is 2.27. The van der Waals surface area contributed by atoms with E-state index in [0.29, 0.717) is 30.2 Å². The van der Waals surface area contributed by atoms with Gasteiger partial charge in [-0.1, -0.05) is 35.9 Å². The number of nitrogen functional groups attached to an aromatic ring is 1. The van der Waals surface area contributed by atoms with Crippen molar-refractivity contribution in [2.24, 2.45) is 0 Å². The number of nitrogens with two attached hydrogens (primary N) is 1. The highest BCUT2D eigenvalue weighted by molar-refractivity contribution is 6.31. The van der Waals surface area contributed by atoms with E-state index in [0.717, 1.165) is 11.3 Å². The summed E-state index contributed by atoms with van der Waals surface area (Å²) in [5.74, 6) is 0. The van der Waals surface area contributed by atoms with Crippen LogP contribution in [-0.2, 0) is 6.54 Å². The standard InChI is InChI=1S/C16H16ClN3/c17-15-8-4-9-16(19)14(15)12-20(11-5-10-18)13-6-2-1-3-7-13/h1-4,6-9H,5,11-12,19H2. The minimum Gasteiger partial charge on any atom is -0.398 e. The molecule has 0 aliphatic carbocycles. The van der Waals surface area contributed by atoms with Crippen molar-refractivity contribution in [3.63, 3.8) is 0 Å². The zero-order valence-electron chi connectivity index (χ0n) is 11.1. The van der Waals surface area contributed by atoms with Crippen molar-refractivity contribution in [3.05, 3.63) is 59.1 Å². The van der Waals surface area contributed by atoms with Crippen LogP contribution in [0.3, 0.4) is 0 Å². The maximum absolute atomic E-state index is 8.81. The van der Waals surface area contributed by atoms with Crippen LogP contribution in [0.2, 0.25) is 5.02 Å². The zero-order valence-corrected chi connectivity index (χ0v) is 11.8. The molecule has 0 amide bonds. The molecule has 0 saturated carbocycles. The van der Waals surface area contributed by atoms with Crippen LogP contribution >= 0.6 is 11.6 Å². The average Bonchev–Trinajstić information content (AvgIpc) is 2.47. The van der Waals surface area contributed by atoms with Gasteiger partial charge in [-0.3, -0.25) is 0 Å². The first kappa shape index (κ1) is 14.2. The second kappa shape index (κ2) is 6.83. The predicted octanol–water partition coefficient (Wildman–Crippen LogP) is 3.84. The summed E-state index contributed by atoms with van der Waals surface area (Å²) in [6, 6.07) is 17.6. The quantitative estimate of drug-likeness (QED) is 0.849. The molecule has 0 aliphatic heterocycles. The summed E-state index contributed by atoms with van der Waals surface area (Å²) in [6.07, 6.45) is 0.458. The third-order valence-electron chi connectivity index (χ3n) is 3.12. The van der Waals surface area contributed by atoms with Crippen molar-refractivity contribution in [2.75, 3.05) is 17.2 Å². The lowest BCUT2D eigenvalue weighted by Gasteiger charge is -2.25. The SMILES string of the molecule is N#CCCN(Cc1c(N)cccc1Cl)c1ccccc1. The Labute approximate surface area is 124 Å². The number of para-hydroxylation sites is 1. The van der Waals surface area contributed by atoms with Crippen molar-refractivity contribution < 1.29 is 0 Å². The molecule has 2 N–H and O–H groups in total. The first-order chi connectivity index (χ1) is 9.72. The molecule has 0 bridgehead atoms. The highest BCUT2D eigenvalue weighted by atomic mass is 35.5. The Bertz CT molecular complexity index is 585. The first-order valence-corrected chi connectivity index (χ1v) is 6.80. The van der Waals surface area contributed by atoms with Gasteiger partial charge in [0.1, 0.15) is 0 Å².